The van der Waals surface area contributed by atoms with Crippen LogP contribution in [-0.4, -0.2) is 21.5 Å². The van der Waals surface area contributed by atoms with Crippen LogP contribution >= 0.6 is 0 Å². The lowest BCUT2D eigenvalue weighted by atomic mass is 10.3. The van der Waals surface area contributed by atoms with Gasteiger partial charge in [0, 0.05) is 24.5 Å². The number of ether oxygens (including phenoxy) is 1. The Morgan fingerprint density at radius 2 is 2.11 bits per heavy atom. The summed E-state index contributed by atoms with van der Waals surface area (Å²) in [5.41, 5.74) is 1.70. The van der Waals surface area contributed by atoms with Crippen molar-refractivity contribution in [2.45, 2.75) is 27.2 Å². The van der Waals surface area contributed by atoms with Gasteiger partial charge >= 0.3 is 0 Å². The third-order valence-corrected chi connectivity index (χ3v) is 2.54. The van der Waals surface area contributed by atoms with E-state index in [1.54, 1.807) is 6.20 Å². The predicted octanol–water partition coefficient (Wildman–Crippen LogP) is 3.10. The van der Waals surface area contributed by atoms with Crippen LogP contribution < -0.4 is 10.1 Å². The maximum Gasteiger partial charge on any atom is 0.226 e. The first-order chi connectivity index (χ1) is 9.19. The van der Waals surface area contributed by atoms with Gasteiger partial charge in [0.05, 0.1) is 5.69 Å². The molecule has 5 nitrogen and oxygen atoms in total. The van der Waals surface area contributed by atoms with Crippen LogP contribution in [0.25, 0.3) is 0 Å². The van der Waals surface area contributed by atoms with E-state index in [1.165, 1.54) is 0 Å². The van der Waals surface area contributed by atoms with Crippen LogP contribution in [0.1, 0.15) is 24.7 Å². The first-order valence-corrected chi connectivity index (χ1v) is 6.38. The molecule has 100 valence electrons. The van der Waals surface area contributed by atoms with Gasteiger partial charge in [-0.05, 0) is 32.4 Å². The Balaban J connectivity index is 2.20. The quantitative estimate of drug-likeness (QED) is 0.893. The summed E-state index contributed by atoms with van der Waals surface area (Å²) in [6, 6.07) is 5.52. The number of pyridine rings is 1. The van der Waals surface area contributed by atoms with Crippen LogP contribution in [0.2, 0.25) is 0 Å². The summed E-state index contributed by atoms with van der Waals surface area (Å²) in [7, 11) is 0. The van der Waals surface area contributed by atoms with Crippen LogP contribution in [0.5, 0.6) is 11.6 Å². The minimum absolute atomic E-state index is 0.530. The van der Waals surface area contributed by atoms with Crippen molar-refractivity contribution in [3.63, 3.8) is 0 Å². The molecule has 0 atom stereocenters. The van der Waals surface area contributed by atoms with E-state index in [9.17, 15) is 0 Å². The molecule has 5 heteroatoms. The molecule has 0 amide bonds. The first kappa shape index (κ1) is 13.3. The van der Waals surface area contributed by atoms with Crippen molar-refractivity contribution in [2.24, 2.45) is 0 Å². The SMILES string of the molecule is CCCNc1nc(C)cc(Oc2cccnc2C)n1. The summed E-state index contributed by atoms with van der Waals surface area (Å²) < 4.78 is 5.76. The van der Waals surface area contributed by atoms with Crippen LogP contribution in [0, 0.1) is 13.8 Å². The topological polar surface area (TPSA) is 59.9 Å². The smallest absolute Gasteiger partial charge is 0.226 e. The van der Waals surface area contributed by atoms with E-state index in [4.69, 9.17) is 4.74 Å². The standard InChI is InChI=1S/C14H18N4O/c1-4-7-16-14-17-10(2)9-13(18-14)19-12-6-5-8-15-11(12)3/h5-6,8-9H,4,7H2,1-3H3,(H,16,17,18). The maximum absolute atomic E-state index is 5.76. The Labute approximate surface area is 113 Å². The molecule has 0 saturated heterocycles. The second-order valence-electron chi connectivity index (χ2n) is 4.29. The summed E-state index contributed by atoms with van der Waals surface area (Å²) in [5, 5.41) is 3.16. The molecule has 0 aliphatic carbocycles. The lowest BCUT2D eigenvalue weighted by molar-refractivity contribution is 0.455. The molecule has 2 rings (SSSR count). The molecular formula is C14H18N4O. The molecule has 0 saturated carbocycles. The third-order valence-electron chi connectivity index (χ3n) is 2.54. The average Bonchev–Trinajstić information content (AvgIpc) is 2.38. The molecule has 0 radical (unpaired) electrons. The van der Waals surface area contributed by atoms with E-state index in [-0.39, 0.29) is 0 Å². The number of nitrogens with one attached hydrogen (secondary N) is 1. The fourth-order valence-corrected chi connectivity index (χ4v) is 1.60. The zero-order chi connectivity index (χ0) is 13.7. The highest BCUT2D eigenvalue weighted by atomic mass is 16.5. The zero-order valence-electron chi connectivity index (χ0n) is 11.5. The van der Waals surface area contributed by atoms with Crippen molar-refractivity contribution in [2.75, 3.05) is 11.9 Å². The van der Waals surface area contributed by atoms with Crippen molar-refractivity contribution in [3.8, 4) is 11.6 Å². The van der Waals surface area contributed by atoms with E-state index >= 15 is 0 Å². The fourth-order valence-electron chi connectivity index (χ4n) is 1.60. The molecule has 0 spiro atoms. The largest absolute Gasteiger partial charge is 0.437 e. The molecule has 2 aromatic rings. The summed E-state index contributed by atoms with van der Waals surface area (Å²) in [5.74, 6) is 1.84. The fraction of sp³-hybridized carbons (Fsp3) is 0.357. The number of hydrogen-bond donors (Lipinski definition) is 1. The van der Waals surface area contributed by atoms with E-state index < -0.39 is 0 Å². The predicted molar refractivity (Wildman–Crippen MR) is 74.6 cm³/mol. The average molecular weight is 258 g/mol. The second-order valence-corrected chi connectivity index (χ2v) is 4.29. The minimum Gasteiger partial charge on any atom is -0.437 e. The summed E-state index contributed by atoms with van der Waals surface area (Å²) >= 11 is 0. The molecule has 0 fully saturated rings. The Kier molecular flexibility index (Phi) is 4.28. The van der Waals surface area contributed by atoms with Crippen LogP contribution in [-0.2, 0) is 0 Å². The van der Waals surface area contributed by atoms with Crippen molar-refractivity contribution in [1.82, 2.24) is 15.0 Å². The normalized spacial score (nSPS) is 10.3. The number of rotatable bonds is 5. The van der Waals surface area contributed by atoms with Gasteiger partial charge < -0.3 is 10.1 Å². The van der Waals surface area contributed by atoms with E-state index in [0.717, 1.165) is 24.4 Å². The Hall–Kier alpha value is -2.17. The van der Waals surface area contributed by atoms with Crippen molar-refractivity contribution in [3.05, 3.63) is 35.8 Å². The summed E-state index contributed by atoms with van der Waals surface area (Å²) in [6.45, 7) is 6.76. The molecule has 0 aliphatic rings. The van der Waals surface area contributed by atoms with Gasteiger partial charge in [0.25, 0.3) is 0 Å². The third kappa shape index (κ3) is 3.64. The molecular weight excluding hydrogens is 240 g/mol. The van der Waals surface area contributed by atoms with Crippen LogP contribution in [0.3, 0.4) is 0 Å². The lowest BCUT2D eigenvalue weighted by Crippen LogP contribution is -2.06. The van der Waals surface area contributed by atoms with Gasteiger partial charge in [0.1, 0.15) is 0 Å². The van der Waals surface area contributed by atoms with E-state index in [1.807, 2.05) is 32.0 Å². The molecule has 0 aromatic carbocycles. The number of aryl methyl sites for hydroxylation is 2. The van der Waals surface area contributed by atoms with Crippen LogP contribution in [0.4, 0.5) is 5.95 Å². The maximum atomic E-state index is 5.76. The number of aromatic nitrogens is 3. The van der Waals surface area contributed by atoms with Gasteiger partial charge in [-0.15, -0.1) is 0 Å². The minimum atomic E-state index is 0.530. The zero-order valence-corrected chi connectivity index (χ0v) is 11.5. The number of hydrogen-bond acceptors (Lipinski definition) is 5. The van der Waals surface area contributed by atoms with E-state index in [2.05, 4.69) is 27.2 Å². The Morgan fingerprint density at radius 3 is 2.84 bits per heavy atom. The summed E-state index contributed by atoms with van der Waals surface area (Å²) in [6.07, 6.45) is 2.76. The Morgan fingerprint density at radius 1 is 1.26 bits per heavy atom. The van der Waals surface area contributed by atoms with Gasteiger partial charge in [-0.1, -0.05) is 6.92 Å². The highest BCUT2D eigenvalue weighted by Crippen LogP contribution is 2.22. The molecule has 1 N–H and O–H groups in total. The molecule has 0 aliphatic heterocycles. The molecule has 2 heterocycles. The number of anilines is 1. The number of nitrogens with zero attached hydrogens (tertiary/aromatic N) is 3. The molecule has 0 bridgehead atoms. The first-order valence-electron chi connectivity index (χ1n) is 6.38. The van der Waals surface area contributed by atoms with Gasteiger partial charge in [-0.2, -0.15) is 4.98 Å². The lowest BCUT2D eigenvalue weighted by Gasteiger charge is -2.09. The van der Waals surface area contributed by atoms with Gasteiger partial charge in [0.15, 0.2) is 5.75 Å². The van der Waals surface area contributed by atoms with Crippen molar-refractivity contribution < 1.29 is 4.74 Å². The van der Waals surface area contributed by atoms with Crippen LogP contribution in [0.15, 0.2) is 24.4 Å². The monoisotopic (exact) mass is 258 g/mol. The summed E-state index contributed by atoms with van der Waals surface area (Å²) in [4.78, 5) is 12.8. The Bertz CT molecular complexity index is 557. The van der Waals surface area contributed by atoms with Crippen molar-refractivity contribution >= 4 is 5.95 Å². The van der Waals surface area contributed by atoms with Gasteiger partial charge in [0.2, 0.25) is 11.8 Å². The highest BCUT2D eigenvalue weighted by Gasteiger charge is 2.06. The molecule has 2 aromatic heterocycles. The van der Waals surface area contributed by atoms with Crippen molar-refractivity contribution in [1.29, 1.82) is 0 Å². The van der Waals surface area contributed by atoms with E-state index in [0.29, 0.717) is 17.6 Å². The second kappa shape index (κ2) is 6.13. The van der Waals surface area contributed by atoms with Gasteiger partial charge in [-0.25, -0.2) is 4.98 Å². The molecule has 19 heavy (non-hydrogen) atoms. The van der Waals surface area contributed by atoms with Gasteiger partial charge in [-0.3, -0.25) is 4.98 Å². The molecule has 0 unspecified atom stereocenters. The highest BCUT2D eigenvalue weighted by molar-refractivity contribution is 5.34.